The SMILES string of the molecule is Cc1cc(NC(=O)CCn2ccc([N+](=O)[O-])n2)nn1Cc1ccccc1. The molecule has 2 heterocycles. The Morgan fingerprint density at radius 1 is 1.23 bits per heavy atom. The molecule has 0 aliphatic rings. The summed E-state index contributed by atoms with van der Waals surface area (Å²) in [4.78, 5) is 22.1. The predicted octanol–water partition coefficient (Wildman–Crippen LogP) is 2.37. The molecule has 0 aliphatic heterocycles. The molecule has 2 aromatic heterocycles. The highest BCUT2D eigenvalue weighted by atomic mass is 16.6. The Hall–Kier alpha value is -3.49. The molecule has 1 aromatic carbocycles. The van der Waals surface area contributed by atoms with Crippen molar-refractivity contribution < 1.29 is 9.72 Å². The van der Waals surface area contributed by atoms with Gasteiger partial charge in [0, 0.05) is 18.2 Å². The molecule has 134 valence electrons. The van der Waals surface area contributed by atoms with Crippen LogP contribution in [0.15, 0.2) is 48.7 Å². The Kier molecular flexibility index (Phi) is 5.07. The number of rotatable bonds is 7. The summed E-state index contributed by atoms with van der Waals surface area (Å²) < 4.78 is 3.19. The molecule has 0 fully saturated rings. The van der Waals surface area contributed by atoms with Crippen LogP contribution < -0.4 is 5.32 Å². The Balaban J connectivity index is 1.55. The number of carbonyl (C=O) groups excluding carboxylic acids is 1. The minimum atomic E-state index is -0.571. The van der Waals surface area contributed by atoms with E-state index in [1.807, 2.05) is 41.9 Å². The van der Waals surface area contributed by atoms with Gasteiger partial charge < -0.3 is 15.4 Å². The van der Waals surface area contributed by atoms with Crippen LogP contribution in [0, 0.1) is 17.0 Å². The fourth-order valence-electron chi connectivity index (χ4n) is 2.48. The summed E-state index contributed by atoms with van der Waals surface area (Å²) in [5, 5.41) is 21.5. The fraction of sp³-hybridized carbons (Fsp3) is 0.235. The number of nitrogens with zero attached hydrogens (tertiary/aromatic N) is 5. The highest BCUT2D eigenvalue weighted by Crippen LogP contribution is 2.12. The summed E-state index contributed by atoms with van der Waals surface area (Å²) in [6.45, 7) is 2.80. The second-order valence-electron chi connectivity index (χ2n) is 5.81. The maximum absolute atomic E-state index is 12.1. The molecule has 0 atom stereocenters. The number of aromatic nitrogens is 4. The van der Waals surface area contributed by atoms with E-state index in [0.717, 1.165) is 11.3 Å². The first kappa shape index (κ1) is 17.3. The normalized spacial score (nSPS) is 10.7. The van der Waals surface area contributed by atoms with Crippen molar-refractivity contribution in [2.24, 2.45) is 0 Å². The molecule has 0 unspecified atom stereocenters. The van der Waals surface area contributed by atoms with Crippen molar-refractivity contribution in [3.63, 3.8) is 0 Å². The van der Waals surface area contributed by atoms with Crippen LogP contribution in [0.4, 0.5) is 11.6 Å². The molecule has 0 radical (unpaired) electrons. The van der Waals surface area contributed by atoms with Gasteiger partial charge >= 0.3 is 5.82 Å². The minimum Gasteiger partial charge on any atom is -0.358 e. The zero-order valence-electron chi connectivity index (χ0n) is 14.2. The van der Waals surface area contributed by atoms with Gasteiger partial charge in [-0.15, -0.1) is 0 Å². The molecule has 0 saturated carbocycles. The Labute approximate surface area is 149 Å². The predicted molar refractivity (Wildman–Crippen MR) is 94.6 cm³/mol. The molecule has 9 nitrogen and oxygen atoms in total. The van der Waals surface area contributed by atoms with Gasteiger partial charge in [-0.3, -0.25) is 9.48 Å². The maximum atomic E-state index is 12.1. The molecule has 0 spiro atoms. The number of nitrogens with one attached hydrogen (secondary N) is 1. The number of benzene rings is 1. The molecule has 26 heavy (non-hydrogen) atoms. The molecule has 0 aliphatic carbocycles. The van der Waals surface area contributed by atoms with Crippen molar-refractivity contribution in [3.05, 3.63) is 70.0 Å². The lowest BCUT2D eigenvalue weighted by Gasteiger charge is -2.04. The molecular formula is C17H18N6O3. The van der Waals surface area contributed by atoms with E-state index in [9.17, 15) is 14.9 Å². The van der Waals surface area contributed by atoms with E-state index in [4.69, 9.17) is 0 Å². The first-order chi connectivity index (χ1) is 12.5. The van der Waals surface area contributed by atoms with Crippen molar-refractivity contribution >= 4 is 17.5 Å². The smallest absolute Gasteiger partial charge is 0.358 e. The van der Waals surface area contributed by atoms with Gasteiger partial charge in [-0.25, -0.2) is 0 Å². The standard InChI is InChI=1S/C17H18N6O3/c1-13-11-15(19-22(13)12-14-5-3-2-4-6-14)18-17(24)8-10-21-9-7-16(20-21)23(25)26/h2-7,9,11H,8,10,12H2,1H3,(H,18,19,24). The van der Waals surface area contributed by atoms with Crippen LogP contribution in [0.2, 0.25) is 0 Å². The summed E-state index contributed by atoms with van der Waals surface area (Å²) >= 11 is 0. The first-order valence-corrected chi connectivity index (χ1v) is 8.07. The lowest BCUT2D eigenvalue weighted by atomic mass is 10.2. The zero-order valence-corrected chi connectivity index (χ0v) is 14.2. The first-order valence-electron chi connectivity index (χ1n) is 8.07. The molecule has 9 heteroatoms. The van der Waals surface area contributed by atoms with E-state index in [1.54, 1.807) is 6.07 Å². The monoisotopic (exact) mass is 354 g/mol. The summed E-state index contributed by atoms with van der Waals surface area (Å²) in [5.74, 6) is 0.0167. The Bertz CT molecular complexity index is 916. The number of anilines is 1. The quantitative estimate of drug-likeness (QED) is 0.518. The topological polar surface area (TPSA) is 108 Å². The number of hydrogen-bond donors (Lipinski definition) is 1. The van der Waals surface area contributed by atoms with Crippen molar-refractivity contribution in [3.8, 4) is 0 Å². The minimum absolute atomic E-state index is 0.142. The van der Waals surface area contributed by atoms with Crippen molar-refractivity contribution in [2.45, 2.75) is 26.4 Å². The number of hydrogen-bond acceptors (Lipinski definition) is 5. The van der Waals surface area contributed by atoms with Crippen molar-refractivity contribution in [1.82, 2.24) is 19.6 Å². The largest absolute Gasteiger partial charge is 0.389 e. The van der Waals surface area contributed by atoms with Crippen LogP contribution in [0.3, 0.4) is 0 Å². The van der Waals surface area contributed by atoms with Gasteiger partial charge in [-0.1, -0.05) is 30.3 Å². The number of carbonyl (C=O) groups is 1. The molecule has 3 aromatic rings. The van der Waals surface area contributed by atoms with Crippen LogP contribution in [-0.2, 0) is 17.9 Å². The molecule has 3 rings (SSSR count). The van der Waals surface area contributed by atoms with E-state index in [2.05, 4.69) is 15.5 Å². The van der Waals surface area contributed by atoms with E-state index in [0.29, 0.717) is 12.4 Å². The highest BCUT2D eigenvalue weighted by molar-refractivity contribution is 5.89. The van der Waals surface area contributed by atoms with Gasteiger partial charge in [-0.2, -0.15) is 9.78 Å². The third-order valence-corrected chi connectivity index (χ3v) is 3.81. The van der Waals surface area contributed by atoms with Crippen LogP contribution >= 0.6 is 0 Å². The summed E-state index contributed by atoms with van der Waals surface area (Å²) in [6.07, 6.45) is 1.62. The molecule has 1 N–H and O–H groups in total. The third-order valence-electron chi connectivity index (χ3n) is 3.81. The van der Waals surface area contributed by atoms with Crippen LogP contribution in [0.25, 0.3) is 0 Å². The van der Waals surface area contributed by atoms with Crippen LogP contribution in [-0.4, -0.2) is 30.4 Å². The third kappa shape index (κ3) is 4.32. The molecule has 0 bridgehead atoms. The second kappa shape index (κ2) is 7.60. The number of amides is 1. The lowest BCUT2D eigenvalue weighted by Crippen LogP contribution is -2.15. The molecule has 1 amide bonds. The summed E-state index contributed by atoms with van der Waals surface area (Å²) in [6, 6.07) is 13.0. The van der Waals surface area contributed by atoms with Gasteiger partial charge in [0.2, 0.25) is 5.91 Å². The van der Waals surface area contributed by atoms with Gasteiger partial charge in [0.1, 0.15) is 0 Å². The lowest BCUT2D eigenvalue weighted by molar-refractivity contribution is -0.389. The van der Waals surface area contributed by atoms with Crippen molar-refractivity contribution in [1.29, 1.82) is 0 Å². The summed E-state index contributed by atoms with van der Waals surface area (Å²) in [7, 11) is 0. The highest BCUT2D eigenvalue weighted by Gasteiger charge is 2.13. The van der Waals surface area contributed by atoms with Crippen LogP contribution in [0.5, 0.6) is 0 Å². The Morgan fingerprint density at radius 3 is 2.69 bits per heavy atom. The van der Waals surface area contributed by atoms with Gasteiger partial charge in [0.05, 0.1) is 30.5 Å². The average Bonchev–Trinajstić information content (AvgIpc) is 3.21. The Morgan fingerprint density at radius 2 is 2.00 bits per heavy atom. The number of aryl methyl sites for hydroxylation is 2. The average molecular weight is 354 g/mol. The van der Waals surface area contributed by atoms with E-state index in [-0.39, 0.29) is 24.7 Å². The van der Waals surface area contributed by atoms with Gasteiger partial charge in [-0.05, 0) is 17.4 Å². The molecule has 0 saturated heterocycles. The zero-order chi connectivity index (χ0) is 18.5. The van der Waals surface area contributed by atoms with E-state index in [1.165, 1.54) is 16.9 Å². The van der Waals surface area contributed by atoms with E-state index < -0.39 is 4.92 Å². The fourth-order valence-corrected chi connectivity index (χ4v) is 2.48. The second-order valence-corrected chi connectivity index (χ2v) is 5.81. The van der Waals surface area contributed by atoms with E-state index >= 15 is 0 Å². The van der Waals surface area contributed by atoms with Gasteiger partial charge in [0.15, 0.2) is 5.82 Å². The van der Waals surface area contributed by atoms with Crippen molar-refractivity contribution in [2.75, 3.05) is 5.32 Å². The molecular weight excluding hydrogens is 336 g/mol. The van der Waals surface area contributed by atoms with Crippen LogP contribution in [0.1, 0.15) is 17.7 Å². The van der Waals surface area contributed by atoms with Gasteiger partial charge in [0.25, 0.3) is 0 Å². The number of nitro groups is 1. The summed E-state index contributed by atoms with van der Waals surface area (Å²) in [5.41, 5.74) is 2.06. The maximum Gasteiger partial charge on any atom is 0.389 e.